The highest BCUT2D eigenvalue weighted by Gasteiger charge is 2.07. The molecule has 0 aromatic heterocycles. The van der Waals surface area contributed by atoms with Crippen molar-refractivity contribution in [1.82, 2.24) is 4.90 Å². The molecule has 33 heavy (non-hydrogen) atoms. The molecule has 0 fully saturated rings. The minimum absolute atomic E-state index is 0.694. The van der Waals surface area contributed by atoms with Gasteiger partial charge in [0.25, 0.3) is 0 Å². The Labute approximate surface area is 202 Å². The smallest absolute Gasteiger partial charge is 0.414 e. The molecule has 0 radical (unpaired) electrons. The van der Waals surface area contributed by atoms with Gasteiger partial charge in [-0.05, 0) is 81.1 Å². The van der Waals surface area contributed by atoms with E-state index in [0.717, 1.165) is 23.6 Å². The number of unbranched alkanes of at least 4 members (excludes halogenated alkanes) is 1. The summed E-state index contributed by atoms with van der Waals surface area (Å²) in [5, 5.41) is 15.6. The van der Waals surface area contributed by atoms with E-state index < -0.39 is 11.9 Å². The van der Waals surface area contributed by atoms with Gasteiger partial charge in [-0.3, -0.25) is 0 Å². The first kappa shape index (κ1) is 28.5. The Balaban J connectivity index is 0.000000801. The molecule has 0 spiro atoms. The number of carbonyl (C=O) groups is 2. The molecule has 2 aromatic rings. The van der Waals surface area contributed by atoms with Gasteiger partial charge in [-0.2, -0.15) is 0 Å². The van der Waals surface area contributed by atoms with Crippen molar-refractivity contribution in [3.8, 4) is 5.75 Å². The third kappa shape index (κ3) is 12.9. The highest BCUT2D eigenvalue weighted by atomic mass is 35.5. The number of carboxylic acid groups (broad SMARTS) is 2. The van der Waals surface area contributed by atoms with Crippen LogP contribution in [0.25, 0.3) is 0 Å². The highest BCUT2D eigenvalue weighted by molar-refractivity contribution is 6.30. The van der Waals surface area contributed by atoms with E-state index in [0.29, 0.717) is 6.61 Å². The molecule has 2 rings (SSSR count). The Morgan fingerprint density at radius 1 is 0.879 bits per heavy atom. The van der Waals surface area contributed by atoms with E-state index in [9.17, 15) is 0 Å². The molecule has 7 heteroatoms. The summed E-state index contributed by atoms with van der Waals surface area (Å²) < 4.78 is 6.08. The lowest BCUT2D eigenvalue weighted by Crippen LogP contribution is -2.26. The molecule has 0 saturated carbocycles. The van der Waals surface area contributed by atoms with Crippen LogP contribution in [0.3, 0.4) is 0 Å². The number of benzene rings is 2. The maximum absolute atomic E-state index is 9.10. The minimum Gasteiger partial charge on any atom is -0.493 e. The number of nitrogens with zero attached hydrogens (tertiary/aromatic N) is 1. The summed E-state index contributed by atoms with van der Waals surface area (Å²) in [4.78, 5) is 20.8. The molecule has 182 valence electrons. The molecule has 0 atom stereocenters. The summed E-state index contributed by atoms with van der Waals surface area (Å²) in [7, 11) is 0. The van der Waals surface area contributed by atoms with Gasteiger partial charge in [-0.25, -0.2) is 9.59 Å². The van der Waals surface area contributed by atoms with E-state index in [1.807, 2.05) is 18.2 Å². The van der Waals surface area contributed by atoms with Crippen molar-refractivity contribution in [2.24, 2.45) is 0 Å². The lowest BCUT2D eigenvalue weighted by atomic mass is 10.1. The molecule has 0 heterocycles. The van der Waals surface area contributed by atoms with Gasteiger partial charge in [0.05, 0.1) is 6.61 Å². The van der Waals surface area contributed by atoms with Crippen molar-refractivity contribution >= 4 is 23.5 Å². The Morgan fingerprint density at radius 3 is 2.09 bits per heavy atom. The zero-order valence-corrected chi connectivity index (χ0v) is 20.4. The number of hydrogen-bond donors (Lipinski definition) is 2. The first-order valence-electron chi connectivity index (χ1n) is 11.5. The lowest BCUT2D eigenvalue weighted by molar-refractivity contribution is -0.159. The number of aliphatic carboxylic acids is 2. The number of aryl methyl sites for hydroxylation is 1. The van der Waals surface area contributed by atoms with Crippen LogP contribution in [0, 0.1) is 0 Å². The fourth-order valence-corrected chi connectivity index (χ4v) is 3.62. The lowest BCUT2D eigenvalue weighted by Gasteiger charge is -2.20. The van der Waals surface area contributed by atoms with Crippen molar-refractivity contribution < 1.29 is 24.5 Å². The summed E-state index contributed by atoms with van der Waals surface area (Å²) in [6.07, 6.45) is 6.79. The normalized spacial score (nSPS) is 10.4. The van der Waals surface area contributed by atoms with Crippen LogP contribution in [0.15, 0.2) is 48.5 Å². The van der Waals surface area contributed by atoms with Crippen molar-refractivity contribution in [3.63, 3.8) is 0 Å². The Kier molecular flexibility index (Phi) is 14.6. The van der Waals surface area contributed by atoms with E-state index in [4.69, 9.17) is 36.1 Å². The van der Waals surface area contributed by atoms with Crippen molar-refractivity contribution in [1.29, 1.82) is 0 Å². The van der Waals surface area contributed by atoms with Crippen LogP contribution in [0.5, 0.6) is 5.75 Å². The molecule has 0 saturated heterocycles. The second kappa shape index (κ2) is 17.0. The summed E-state index contributed by atoms with van der Waals surface area (Å²) in [6.45, 7) is 8.81. The van der Waals surface area contributed by atoms with Crippen LogP contribution >= 0.6 is 11.6 Å². The monoisotopic (exact) mass is 477 g/mol. The zero-order chi connectivity index (χ0) is 24.5. The number of halogens is 1. The molecule has 0 unspecified atom stereocenters. The van der Waals surface area contributed by atoms with E-state index in [1.165, 1.54) is 56.4 Å². The third-order valence-corrected chi connectivity index (χ3v) is 5.18. The van der Waals surface area contributed by atoms with Gasteiger partial charge >= 0.3 is 11.9 Å². The second-order valence-electron chi connectivity index (χ2n) is 7.75. The van der Waals surface area contributed by atoms with E-state index in [2.05, 4.69) is 49.1 Å². The van der Waals surface area contributed by atoms with Gasteiger partial charge in [-0.1, -0.05) is 55.8 Å². The number of ether oxygens (including phenoxy) is 1. The molecule has 2 aromatic carbocycles. The molecule has 0 aliphatic heterocycles. The van der Waals surface area contributed by atoms with Gasteiger partial charge in [0, 0.05) is 11.4 Å². The van der Waals surface area contributed by atoms with E-state index >= 15 is 0 Å². The van der Waals surface area contributed by atoms with Crippen LogP contribution in [-0.2, 0) is 22.4 Å². The summed E-state index contributed by atoms with van der Waals surface area (Å²) >= 11 is 6.23. The molecule has 0 bridgehead atoms. The van der Waals surface area contributed by atoms with Crippen LogP contribution in [0.2, 0.25) is 5.02 Å². The third-order valence-electron chi connectivity index (χ3n) is 4.95. The largest absolute Gasteiger partial charge is 0.493 e. The predicted molar refractivity (Wildman–Crippen MR) is 132 cm³/mol. The maximum Gasteiger partial charge on any atom is 0.414 e. The fourth-order valence-electron chi connectivity index (χ4n) is 3.43. The van der Waals surface area contributed by atoms with E-state index in [1.54, 1.807) is 0 Å². The topological polar surface area (TPSA) is 87.1 Å². The molecule has 0 aliphatic rings. The minimum atomic E-state index is -1.82. The average molecular weight is 478 g/mol. The quantitative estimate of drug-likeness (QED) is 0.290. The zero-order valence-electron chi connectivity index (χ0n) is 19.6. The fraction of sp³-hybridized carbons (Fsp3) is 0.462. The average Bonchev–Trinajstić information content (AvgIpc) is 2.79. The number of rotatable bonds is 13. The number of hydrogen-bond acceptors (Lipinski definition) is 4. The number of carboxylic acids is 2. The van der Waals surface area contributed by atoms with Gasteiger partial charge in [0.2, 0.25) is 0 Å². The SMILES string of the molecule is CCCN(CCC)CCCCc1cc(Cl)ccc1OCCc1ccccc1.O=C(O)C(=O)O. The van der Waals surface area contributed by atoms with Crippen molar-refractivity contribution in [3.05, 3.63) is 64.7 Å². The second-order valence-corrected chi connectivity index (χ2v) is 8.18. The molecular formula is C26H36ClNO5. The van der Waals surface area contributed by atoms with Crippen LogP contribution in [0.4, 0.5) is 0 Å². The molecular weight excluding hydrogens is 442 g/mol. The molecule has 0 amide bonds. The van der Waals surface area contributed by atoms with Gasteiger partial charge in [0.1, 0.15) is 5.75 Å². The summed E-state index contributed by atoms with van der Waals surface area (Å²) in [6, 6.07) is 16.5. The van der Waals surface area contributed by atoms with Crippen LogP contribution in [0.1, 0.15) is 50.7 Å². The van der Waals surface area contributed by atoms with Crippen molar-refractivity contribution in [2.45, 2.75) is 52.4 Å². The van der Waals surface area contributed by atoms with Crippen molar-refractivity contribution in [2.75, 3.05) is 26.2 Å². The Morgan fingerprint density at radius 2 is 1.52 bits per heavy atom. The first-order chi connectivity index (χ1) is 15.9. The molecule has 6 nitrogen and oxygen atoms in total. The first-order valence-corrected chi connectivity index (χ1v) is 11.9. The van der Waals surface area contributed by atoms with Gasteiger partial charge in [0.15, 0.2) is 0 Å². The van der Waals surface area contributed by atoms with Crippen LogP contribution < -0.4 is 4.74 Å². The molecule has 0 aliphatic carbocycles. The summed E-state index contributed by atoms with van der Waals surface area (Å²) in [5.74, 6) is -2.67. The maximum atomic E-state index is 9.10. The summed E-state index contributed by atoms with van der Waals surface area (Å²) in [5.41, 5.74) is 2.54. The van der Waals surface area contributed by atoms with E-state index in [-0.39, 0.29) is 0 Å². The Bertz CT molecular complexity index is 811. The molecule has 2 N–H and O–H groups in total. The highest BCUT2D eigenvalue weighted by Crippen LogP contribution is 2.25. The van der Waals surface area contributed by atoms with Gasteiger partial charge in [-0.15, -0.1) is 0 Å². The standard InChI is InChI=1S/C24H34ClNO.C2H2O4/c1-3-16-26(17-4-2)18-9-8-12-22-20-23(25)13-14-24(22)27-19-15-21-10-6-5-7-11-21;3-1(4)2(5)6/h5-7,10-11,13-14,20H,3-4,8-9,12,15-19H2,1-2H3;(H,3,4)(H,5,6). The Hall–Kier alpha value is -2.57. The predicted octanol–water partition coefficient (Wildman–Crippen LogP) is 5.56. The van der Waals surface area contributed by atoms with Crippen LogP contribution in [-0.4, -0.2) is 53.3 Å². The van der Waals surface area contributed by atoms with Gasteiger partial charge < -0.3 is 19.8 Å².